The van der Waals surface area contributed by atoms with Gasteiger partial charge in [-0.3, -0.25) is 0 Å². The third kappa shape index (κ3) is 3.06. The van der Waals surface area contributed by atoms with Crippen molar-refractivity contribution in [3.8, 4) is 5.75 Å². The second-order valence-electron chi connectivity index (χ2n) is 3.82. The summed E-state index contributed by atoms with van der Waals surface area (Å²) in [5.41, 5.74) is 1.42. The van der Waals surface area contributed by atoms with Crippen LogP contribution in [0.5, 0.6) is 5.75 Å². The number of rotatable bonds is 5. The van der Waals surface area contributed by atoms with E-state index in [2.05, 4.69) is 26.0 Å². The van der Waals surface area contributed by atoms with Crippen molar-refractivity contribution in [3.63, 3.8) is 0 Å². The molecule has 0 aliphatic heterocycles. The monoisotopic (exact) mass is 192 g/mol. The maximum absolute atomic E-state index is 5.13. The summed E-state index contributed by atoms with van der Waals surface area (Å²) in [5.74, 6) is 1.61. The van der Waals surface area contributed by atoms with Crippen LogP contribution in [0.1, 0.15) is 44.6 Å². The lowest BCUT2D eigenvalue weighted by Crippen LogP contribution is -1.93. The van der Waals surface area contributed by atoms with Gasteiger partial charge in [-0.05, 0) is 30.0 Å². The molecule has 0 aliphatic carbocycles. The van der Waals surface area contributed by atoms with E-state index in [9.17, 15) is 0 Å². The molecule has 1 atom stereocenters. The van der Waals surface area contributed by atoms with E-state index in [0.29, 0.717) is 5.92 Å². The number of ether oxygens (including phenoxy) is 1. The maximum Gasteiger partial charge on any atom is 0.118 e. The molecule has 1 heteroatoms. The first-order valence-corrected chi connectivity index (χ1v) is 5.42. The van der Waals surface area contributed by atoms with Crippen LogP contribution in [0, 0.1) is 0 Å². The highest BCUT2D eigenvalue weighted by atomic mass is 16.5. The molecule has 1 aromatic rings. The second-order valence-corrected chi connectivity index (χ2v) is 3.82. The highest BCUT2D eigenvalue weighted by molar-refractivity contribution is 5.28. The van der Waals surface area contributed by atoms with E-state index in [-0.39, 0.29) is 0 Å². The predicted molar refractivity (Wildman–Crippen MR) is 60.9 cm³/mol. The molecule has 0 amide bonds. The highest BCUT2D eigenvalue weighted by Gasteiger charge is 2.04. The summed E-state index contributed by atoms with van der Waals surface area (Å²) in [5, 5.41) is 0. The summed E-state index contributed by atoms with van der Waals surface area (Å²) in [6, 6.07) is 8.41. The van der Waals surface area contributed by atoms with Gasteiger partial charge in [0.25, 0.3) is 0 Å². The largest absolute Gasteiger partial charge is 0.497 e. The fourth-order valence-corrected chi connectivity index (χ4v) is 1.61. The lowest BCUT2D eigenvalue weighted by Gasteiger charge is -2.11. The van der Waals surface area contributed by atoms with Crippen molar-refractivity contribution in [2.75, 3.05) is 7.11 Å². The smallest absolute Gasteiger partial charge is 0.118 e. The molecule has 0 aliphatic rings. The molecular weight excluding hydrogens is 172 g/mol. The molecule has 0 saturated carbocycles. The van der Waals surface area contributed by atoms with Crippen molar-refractivity contribution in [1.82, 2.24) is 0 Å². The Morgan fingerprint density at radius 2 is 1.86 bits per heavy atom. The first-order chi connectivity index (χ1) is 6.77. The molecule has 1 nitrogen and oxygen atoms in total. The number of unbranched alkanes of at least 4 members (excludes halogenated alkanes) is 1. The molecule has 0 bridgehead atoms. The normalized spacial score (nSPS) is 12.5. The fraction of sp³-hybridized carbons (Fsp3) is 0.538. The molecule has 0 heterocycles. The second kappa shape index (κ2) is 5.69. The van der Waals surface area contributed by atoms with E-state index in [1.807, 2.05) is 12.1 Å². The number of methoxy groups -OCH3 is 1. The molecular formula is C13H20O. The van der Waals surface area contributed by atoms with E-state index in [1.54, 1.807) is 7.11 Å². The Kier molecular flexibility index (Phi) is 4.51. The number of benzene rings is 1. The SMILES string of the molecule is CCCC[C@H](C)c1ccc(OC)cc1. The van der Waals surface area contributed by atoms with Gasteiger partial charge in [-0.25, -0.2) is 0 Å². The van der Waals surface area contributed by atoms with E-state index in [4.69, 9.17) is 4.74 Å². The van der Waals surface area contributed by atoms with Crippen LogP contribution in [0.4, 0.5) is 0 Å². The summed E-state index contributed by atoms with van der Waals surface area (Å²) < 4.78 is 5.13. The minimum atomic E-state index is 0.667. The minimum Gasteiger partial charge on any atom is -0.497 e. The van der Waals surface area contributed by atoms with Crippen LogP contribution >= 0.6 is 0 Å². The van der Waals surface area contributed by atoms with Crippen molar-refractivity contribution >= 4 is 0 Å². The zero-order valence-electron chi connectivity index (χ0n) is 9.42. The standard InChI is InChI=1S/C13H20O/c1-4-5-6-11(2)12-7-9-13(14-3)10-8-12/h7-11H,4-6H2,1-3H3/t11-/m0/s1. The van der Waals surface area contributed by atoms with Gasteiger partial charge < -0.3 is 4.74 Å². The molecule has 0 radical (unpaired) electrons. The number of hydrogen-bond acceptors (Lipinski definition) is 1. The van der Waals surface area contributed by atoms with Gasteiger partial charge in [0.2, 0.25) is 0 Å². The van der Waals surface area contributed by atoms with Gasteiger partial charge in [-0.1, -0.05) is 38.8 Å². The van der Waals surface area contributed by atoms with Crippen LogP contribution < -0.4 is 4.74 Å². The summed E-state index contributed by atoms with van der Waals surface area (Å²) >= 11 is 0. The van der Waals surface area contributed by atoms with Crippen LogP contribution in [-0.2, 0) is 0 Å². The maximum atomic E-state index is 5.13. The van der Waals surface area contributed by atoms with Crippen LogP contribution in [0.15, 0.2) is 24.3 Å². The van der Waals surface area contributed by atoms with Gasteiger partial charge in [-0.2, -0.15) is 0 Å². The van der Waals surface area contributed by atoms with Crippen molar-refractivity contribution in [1.29, 1.82) is 0 Å². The summed E-state index contributed by atoms with van der Waals surface area (Å²) in [6.07, 6.45) is 3.87. The average Bonchev–Trinajstić information content (AvgIpc) is 2.26. The summed E-state index contributed by atoms with van der Waals surface area (Å²) in [6.45, 7) is 4.53. The van der Waals surface area contributed by atoms with Crippen molar-refractivity contribution in [2.45, 2.75) is 39.0 Å². The molecule has 1 rings (SSSR count). The van der Waals surface area contributed by atoms with Gasteiger partial charge in [0.15, 0.2) is 0 Å². The van der Waals surface area contributed by atoms with Crippen LogP contribution in [0.2, 0.25) is 0 Å². The van der Waals surface area contributed by atoms with Crippen LogP contribution in [-0.4, -0.2) is 7.11 Å². The van der Waals surface area contributed by atoms with E-state index < -0.39 is 0 Å². The first-order valence-electron chi connectivity index (χ1n) is 5.42. The Balaban J connectivity index is 2.57. The molecule has 1 aromatic carbocycles. The molecule has 78 valence electrons. The summed E-state index contributed by atoms with van der Waals surface area (Å²) in [4.78, 5) is 0. The fourth-order valence-electron chi connectivity index (χ4n) is 1.61. The minimum absolute atomic E-state index is 0.667. The van der Waals surface area contributed by atoms with Crippen molar-refractivity contribution in [3.05, 3.63) is 29.8 Å². The van der Waals surface area contributed by atoms with E-state index >= 15 is 0 Å². The third-order valence-electron chi connectivity index (χ3n) is 2.68. The van der Waals surface area contributed by atoms with E-state index in [0.717, 1.165) is 5.75 Å². The first kappa shape index (κ1) is 11.1. The highest BCUT2D eigenvalue weighted by Crippen LogP contribution is 2.23. The van der Waals surface area contributed by atoms with Crippen molar-refractivity contribution < 1.29 is 4.74 Å². The molecule has 0 unspecified atom stereocenters. The van der Waals surface area contributed by atoms with Gasteiger partial charge >= 0.3 is 0 Å². The molecule has 0 saturated heterocycles. The molecule has 0 spiro atoms. The average molecular weight is 192 g/mol. The van der Waals surface area contributed by atoms with Crippen LogP contribution in [0.3, 0.4) is 0 Å². The summed E-state index contributed by atoms with van der Waals surface area (Å²) in [7, 11) is 1.70. The zero-order valence-corrected chi connectivity index (χ0v) is 9.42. The molecule has 0 aromatic heterocycles. The Hall–Kier alpha value is -0.980. The predicted octanol–water partition coefficient (Wildman–Crippen LogP) is 3.99. The Bertz CT molecular complexity index is 250. The van der Waals surface area contributed by atoms with Crippen LogP contribution in [0.25, 0.3) is 0 Å². The van der Waals surface area contributed by atoms with E-state index in [1.165, 1.54) is 24.8 Å². The topological polar surface area (TPSA) is 9.23 Å². The van der Waals surface area contributed by atoms with Gasteiger partial charge in [0, 0.05) is 0 Å². The Morgan fingerprint density at radius 1 is 1.21 bits per heavy atom. The van der Waals surface area contributed by atoms with Crippen molar-refractivity contribution in [2.24, 2.45) is 0 Å². The Labute approximate surface area is 87.1 Å². The third-order valence-corrected chi connectivity index (χ3v) is 2.68. The number of hydrogen-bond donors (Lipinski definition) is 0. The lowest BCUT2D eigenvalue weighted by atomic mass is 9.96. The quantitative estimate of drug-likeness (QED) is 0.685. The zero-order chi connectivity index (χ0) is 10.4. The molecule has 0 N–H and O–H groups in total. The lowest BCUT2D eigenvalue weighted by molar-refractivity contribution is 0.414. The molecule has 14 heavy (non-hydrogen) atoms. The van der Waals surface area contributed by atoms with Gasteiger partial charge in [0.05, 0.1) is 7.11 Å². The molecule has 0 fully saturated rings. The Morgan fingerprint density at radius 3 is 2.36 bits per heavy atom. The van der Waals surface area contributed by atoms with Gasteiger partial charge in [-0.15, -0.1) is 0 Å². The van der Waals surface area contributed by atoms with Gasteiger partial charge in [0.1, 0.15) is 5.75 Å².